The Balaban J connectivity index is 1.50. The summed E-state index contributed by atoms with van der Waals surface area (Å²) in [5.41, 5.74) is 2.51. The van der Waals surface area contributed by atoms with Gasteiger partial charge in [0.15, 0.2) is 5.11 Å². The van der Waals surface area contributed by atoms with E-state index in [1.807, 2.05) is 24.3 Å². The summed E-state index contributed by atoms with van der Waals surface area (Å²) in [6.07, 6.45) is 0.505. The van der Waals surface area contributed by atoms with Gasteiger partial charge in [0.05, 0.1) is 31.4 Å². The predicted molar refractivity (Wildman–Crippen MR) is 154 cm³/mol. The molecule has 1 fully saturated rings. The van der Waals surface area contributed by atoms with Crippen LogP contribution >= 0.6 is 23.8 Å². The van der Waals surface area contributed by atoms with Gasteiger partial charge in [0.1, 0.15) is 11.8 Å². The number of thiocarbonyl (C=S) groups is 1. The first-order valence-corrected chi connectivity index (χ1v) is 13.2. The minimum atomic E-state index is -0.787. The number of esters is 1. The molecule has 1 N–H and O–H groups in total. The van der Waals surface area contributed by atoms with E-state index in [-0.39, 0.29) is 24.8 Å². The third-order valence-electron chi connectivity index (χ3n) is 6.26. The van der Waals surface area contributed by atoms with Crippen molar-refractivity contribution < 1.29 is 23.9 Å². The van der Waals surface area contributed by atoms with Crippen molar-refractivity contribution in [2.75, 3.05) is 30.5 Å². The van der Waals surface area contributed by atoms with E-state index in [0.717, 1.165) is 11.3 Å². The lowest BCUT2D eigenvalue weighted by atomic mass is 10.1. The number of hydrogen-bond donors (Lipinski definition) is 1. The van der Waals surface area contributed by atoms with E-state index in [1.165, 1.54) is 4.90 Å². The number of ether oxygens (including phenoxy) is 2. The van der Waals surface area contributed by atoms with Crippen LogP contribution in [0.2, 0.25) is 5.02 Å². The van der Waals surface area contributed by atoms with Crippen LogP contribution in [0.5, 0.6) is 5.75 Å². The SMILES string of the molecule is CCOC(=O)c1ccc(NC(=O)CC2C(=O)N(c3ccc(Cl)cc3)C(=S)N2CCc2ccc(OC)cc2)cc1. The van der Waals surface area contributed by atoms with E-state index in [2.05, 4.69) is 5.32 Å². The molecular formula is C29H28ClN3O5S. The molecule has 1 aliphatic rings. The van der Waals surface area contributed by atoms with Gasteiger partial charge in [-0.05, 0) is 91.8 Å². The number of halogens is 1. The first-order valence-electron chi connectivity index (χ1n) is 12.4. The van der Waals surface area contributed by atoms with Crippen LogP contribution in [-0.2, 0) is 20.7 Å². The Morgan fingerprint density at radius 2 is 1.67 bits per heavy atom. The molecule has 8 nitrogen and oxygen atoms in total. The van der Waals surface area contributed by atoms with Crippen molar-refractivity contribution in [3.8, 4) is 5.75 Å². The van der Waals surface area contributed by atoms with Crippen LogP contribution in [0.1, 0.15) is 29.3 Å². The highest BCUT2D eigenvalue weighted by Crippen LogP contribution is 2.29. The van der Waals surface area contributed by atoms with Crippen LogP contribution in [0, 0.1) is 0 Å². The molecule has 0 bridgehead atoms. The summed E-state index contributed by atoms with van der Waals surface area (Å²) >= 11 is 11.8. The van der Waals surface area contributed by atoms with E-state index < -0.39 is 12.0 Å². The second-order valence-corrected chi connectivity index (χ2v) is 9.59. The number of methoxy groups -OCH3 is 1. The maximum Gasteiger partial charge on any atom is 0.338 e. The minimum absolute atomic E-state index is 0.106. The molecule has 202 valence electrons. The molecule has 0 spiro atoms. The monoisotopic (exact) mass is 565 g/mol. The second-order valence-electron chi connectivity index (χ2n) is 8.79. The number of nitrogens with one attached hydrogen (secondary N) is 1. The van der Waals surface area contributed by atoms with E-state index in [9.17, 15) is 14.4 Å². The van der Waals surface area contributed by atoms with Crippen LogP contribution in [-0.4, -0.2) is 54.1 Å². The highest BCUT2D eigenvalue weighted by molar-refractivity contribution is 7.80. The van der Waals surface area contributed by atoms with Gasteiger partial charge >= 0.3 is 5.97 Å². The van der Waals surface area contributed by atoms with E-state index in [4.69, 9.17) is 33.3 Å². The van der Waals surface area contributed by atoms with E-state index >= 15 is 0 Å². The number of rotatable bonds is 10. The van der Waals surface area contributed by atoms with Crippen molar-refractivity contribution in [3.05, 3.63) is 88.9 Å². The smallest absolute Gasteiger partial charge is 0.338 e. The van der Waals surface area contributed by atoms with Gasteiger partial charge in [-0.25, -0.2) is 4.79 Å². The zero-order valence-corrected chi connectivity index (χ0v) is 23.1. The summed E-state index contributed by atoms with van der Waals surface area (Å²) < 4.78 is 10.2. The van der Waals surface area contributed by atoms with Gasteiger partial charge in [0, 0.05) is 17.3 Å². The average molecular weight is 566 g/mol. The topological polar surface area (TPSA) is 88.2 Å². The summed E-state index contributed by atoms with van der Waals surface area (Å²) in [7, 11) is 1.61. The number of anilines is 2. The van der Waals surface area contributed by atoms with Crippen LogP contribution in [0.25, 0.3) is 0 Å². The second kappa shape index (κ2) is 12.7. The molecular weight excluding hydrogens is 538 g/mol. The normalized spacial score (nSPS) is 14.9. The molecule has 1 aliphatic heterocycles. The highest BCUT2D eigenvalue weighted by atomic mass is 35.5. The third kappa shape index (κ3) is 6.74. The number of amides is 2. The van der Waals surface area contributed by atoms with Gasteiger partial charge in [0.25, 0.3) is 5.91 Å². The molecule has 0 aromatic heterocycles. The fraction of sp³-hybridized carbons (Fsp3) is 0.241. The predicted octanol–water partition coefficient (Wildman–Crippen LogP) is 5.10. The molecule has 1 atom stereocenters. The molecule has 0 aliphatic carbocycles. The zero-order valence-electron chi connectivity index (χ0n) is 21.6. The highest BCUT2D eigenvalue weighted by Gasteiger charge is 2.43. The van der Waals surface area contributed by atoms with Crippen molar-refractivity contribution in [2.24, 2.45) is 0 Å². The molecule has 1 saturated heterocycles. The maximum absolute atomic E-state index is 13.6. The van der Waals surface area contributed by atoms with Gasteiger partial charge in [-0.1, -0.05) is 23.7 Å². The van der Waals surface area contributed by atoms with Crippen molar-refractivity contribution in [1.82, 2.24) is 4.90 Å². The standard InChI is InChI=1S/C29H28ClN3O5S/c1-3-38-28(36)20-6-10-22(11-7-20)31-26(34)18-25-27(35)33(23-12-8-21(30)9-13-23)29(39)32(25)17-16-19-4-14-24(37-2)15-5-19/h4-15,25H,3,16-18H2,1-2H3,(H,31,34). The van der Waals surface area contributed by atoms with Crippen molar-refractivity contribution in [1.29, 1.82) is 0 Å². The third-order valence-corrected chi connectivity index (χ3v) is 6.93. The molecule has 1 heterocycles. The number of nitrogens with zero attached hydrogens (tertiary/aromatic N) is 2. The maximum atomic E-state index is 13.6. The van der Waals surface area contributed by atoms with E-state index in [0.29, 0.717) is 40.0 Å². The lowest BCUT2D eigenvalue weighted by molar-refractivity contribution is -0.124. The molecule has 3 aromatic carbocycles. The van der Waals surface area contributed by atoms with Crippen LogP contribution in [0.15, 0.2) is 72.8 Å². The lowest BCUT2D eigenvalue weighted by Gasteiger charge is -2.24. The number of carbonyl (C=O) groups is 3. The Labute approximate surface area is 237 Å². The molecule has 2 amide bonds. The van der Waals surface area contributed by atoms with Crippen LogP contribution < -0.4 is 15.0 Å². The Bertz CT molecular complexity index is 1350. The fourth-order valence-electron chi connectivity index (χ4n) is 4.25. The Morgan fingerprint density at radius 3 is 2.28 bits per heavy atom. The minimum Gasteiger partial charge on any atom is -0.497 e. The quantitative estimate of drug-likeness (QED) is 0.270. The summed E-state index contributed by atoms with van der Waals surface area (Å²) in [4.78, 5) is 41.8. The molecule has 0 radical (unpaired) electrons. The number of hydrogen-bond acceptors (Lipinski definition) is 6. The van der Waals surface area contributed by atoms with Crippen molar-refractivity contribution in [2.45, 2.75) is 25.8 Å². The molecule has 1 unspecified atom stereocenters. The van der Waals surface area contributed by atoms with E-state index in [1.54, 1.807) is 67.5 Å². The van der Waals surface area contributed by atoms with Gasteiger partial charge in [-0.3, -0.25) is 14.5 Å². The molecule has 0 saturated carbocycles. The molecule has 39 heavy (non-hydrogen) atoms. The first-order chi connectivity index (χ1) is 18.8. The Kier molecular flexibility index (Phi) is 9.16. The van der Waals surface area contributed by atoms with Crippen LogP contribution in [0.3, 0.4) is 0 Å². The van der Waals surface area contributed by atoms with Crippen LogP contribution in [0.4, 0.5) is 11.4 Å². The summed E-state index contributed by atoms with van der Waals surface area (Å²) in [6.45, 7) is 2.45. The van der Waals surface area contributed by atoms with Crippen molar-refractivity contribution >= 4 is 58.1 Å². The Morgan fingerprint density at radius 1 is 1.00 bits per heavy atom. The summed E-state index contributed by atoms with van der Waals surface area (Å²) in [6, 6.07) is 20.1. The lowest BCUT2D eigenvalue weighted by Crippen LogP contribution is -2.39. The fourth-order valence-corrected chi connectivity index (χ4v) is 4.79. The summed E-state index contributed by atoms with van der Waals surface area (Å²) in [5.74, 6) is -0.322. The van der Waals surface area contributed by atoms with Gasteiger partial charge in [-0.15, -0.1) is 0 Å². The van der Waals surface area contributed by atoms with Gasteiger partial charge < -0.3 is 19.7 Å². The molecule has 10 heteroatoms. The largest absolute Gasteiger partial charge is 0.497 e. The summed E-state index contributed by atoms with van der Waals surface area (Å²) in [5, 5.41) is 3.67. The molecule has 4 rings (SSSR count). The van der Waals surface area contributed by atoms with Gasteiger partial charge in [-0.2, -0.15) is 0 Å². The number of benzene rings is 3. The average Bonchev–Trinajstić information content (AvgIpc) is 3.16. The zero-order chi connectivity index (χ0) is 27.9. The first kappa shape index (κ1) is 28.1. The van der Waals surface area contributed by atoms with Gasteiger partial charge in [0.2, 0.25) is 5.91 Å². The molecule has 3 aromatic rings. The van der Waals surface area contributed by atoms with Crippen molar-refractivity contribution in [3.63, 3.8) is 0 Å². The number of carbonyl (C=O) groups excluding carboxylic acids is 3. The Hall–Kier alpha value is -3.95.